The van der Waals surface area contributed by atoms with E-state index < -0.39 is 0 Å². The summed E-state index contributed by atoms with van der Waals surface area (Å²) in [5.41, 5.74) is 2.54. The van der Waals surface area contributed by atoms with E-state index in [0.29, 0.717) is 17.2 Å². The third-order valence-corrected chi connectivity index (χ3v) is 2.94. The van der Waals surface area contributed by atoms with Crippen molar-refractivity contribution < 1.29 is 14.3 Å². The lowest BCUT2D eigenvalue weighted by Gasteiger charge is -2.08. The van der Waals surface area contributed by atoms with Gasteiger partial charge in [0.2, 0.25) is 6.79 Å². The molecule has 2 amide bonds. The van der Waals surface area contributed by atoms with E-state index in [1.807, 2.05) is 31.2 Å². The molecule has 0 atom stereocenters. The largest absolute Gasteiger partial charge is 0.454 e. The van der Waals surface area contributed by atoms with Crippen LogP contribution in [0.3, 0.4) is 0 Å². The van der Waals surface area contributed by atoms with Crippen LogP contribution >= 0.6 is 0 Å². The van der Waals surface area contributed by atoms with Gasteiger partial charge in [0.1, 0.15) is 0 Å². The molecule has 20 heavy (non-hydrogen) atoms. The van der Waals surface area contributed by atoms with E-state index in [2.05, 4.69) is 10.6 Å². The van der Waals surface area contributed by atoms with Gasteiger partial charge in [-0.1, -0.05) is 17.7 Å². The molecule has 0 spiro atoms. The molecule has 5 nitrogen and oxygen atoms in total. The summed E-state index contributed by atoms with van der Waals surface area (Å²) in [7, 11) is 0. The first-order chi connectivity index (χ1) is 9.70. The average Bonchev–Trinajstić information content (AvgIpc) is 2.89. The monoisotopic (exact) mass is 270 g/mol. The quantitative estimate of drug-likeness (QED) is 0.879. The van der Waals surface area contributed by atoms with Gasteiger partial charge in [0.05, 0.1) is 0 Å². The molecule has 1 aliphatic heterocycles. The number of carbonyl (C=O) groups excluding carboxylic acids is 1. The van der Waals surface area contributed by atoms with E-state index in [0.717, 1.165) is 11.3 Å². The van der Waals surface area contributed by atoms with Crippen LogP contribution in [0.5, 0.6) is 11.5 Å². The second kappa shape index (κ2) is 5.13. The number of hydrogen-bond acceptors (Lipinski definition) is 3. The van der Waals surface area contributed by atoms with Crippen molar-refractivity contribution in [1.82, 2.24) is 0 Å². The van der Waals surface area contributed by atoms with Crippen LogP contribution in [-0.4, -0.2) is 12.8 Å². The highest BCUT2D eigenvalue weighted by molar-refractivity contribution is 5.99. The molecule has 0 aromatic heterocycles. The molecule has 0 saturated carbocycles. The van der Waals surface area contributed by atoms with Gasteiger partial charge in [-0.05, 0) is 31.2 Å². The van der Waals surface area contributed by atoms with Crippen molar-refractivity contribution >= 4 is 17.4 Å². The number of aryl methyl sites for hydroxylation is 1. The Morgan fingerprint density at radius 2 is 1.60 bits per heavy atom. The lowest BCUT2D eigenvalue weighted by atomic mass is 10.2. The first-order valence-electron chi connectivity index (χ1n) is 6.25. The third-order valence-electron chi connectivity index (χ3n) is 2.94. The standard InChI is InChI=1S/C15H14N2O3/c1-10-2-4-11(5-3-10)16-15(18)17-12-6-7-13-14(8-12)20-9-19-13/h2-8H,9H2,1H3,(H2,16,17,18). The Morgan fingerprint density at radius 1 is 0.950 bits per heavy atom. The van der Waals surface area contributed by atoms with Gasteiger partial charge in [0, 0.05) is 17.4 Å². The van der Waals surface area contributed by atoms with Crippen LogP contribution in [0.1, 0.15) is 5.56 Å². The number of urea groups is 1. The fourth-order valence-corrected chi connectivity index (χ4v) is 1.90. The number of nitrogens with one attached hydrogen (secondary N) is 2. The van der Waals surface area contributed by atoms with Gasteiger partial charge in [-0.2, -0.15) is 0 Å². The van der Waals surface area contributed by atoms with Crippen LogP contribution in [0.4, 0.5) is 16.2 Å². The van der Waals surface area contributed by atoms with E-state index in [9.17, 15) is 4.79 Å². The smallest absolute Gasteiger partial charge is 0.323 e. The molecule has 2 N–H and O–H groups in total. The number of fused-ring (bicyclic) bond motifs is 1. The van der Waals surface area contributed by atoms with Crippen molar-refractivity contribution in [2.24, 2.45) is 0 Å². The highest BCUT2D eigenvalue weighted by atomic mass is 16.7. The SMILES string of the molecule is Cc1ccc(NC(=O)Nc2ccc3c(c2)OCO3)cc1. The number of hydrogen-bond donors (Lipinski definition) is 2. The van der Waals surface area contributed by atoms with Gasteiger partial charge >= 0.3 is 6.03 Å². The molecule has 102 valence electrons. The summed E-state index contributed by atoms with van der Waals surface area (Å²) in [6.45, 7) is 2.21. The number of anilines is 2. The van der Waals surface area contributed by atoms with Crippen LogP contribution < -0.4 is 20.1 Å². The van der Waals surface area contributed by atoms with Crippen molar-refractivity contribution in [3.8, 4) is 11.5 Å². The van der Waals surface area contributed by atoms with Crippen LogP contribution in [0, 0.1) is 6.92 Å². The van der Waals surface area contributed by atoms with Gasteiger partial charge in [0.15, 0.2) is 11.5 Å². The Kier molecular flexibility index (Phi) is 3.16. The fraction of sp³-hybridized carbons (Fsp3) is 0.133. The summed E-state index contributed by atoms with van der Waals surface area (Å²) in [6.07, 6.45) is 0. The first-order valence-corrected chi connectivity index (χ1v) is 6.25. The van der Waals surface area contributed by atoms with Crippen LogP contribution in [0.2, 0.25) is 0 Å². The Hall–Kier alpha value is -2.69. The molecule has 0 bridgehead atoms. The van der Waals surface area contributed by atoms with Gasteiger partial charge in [-0.15, -0.1) is 0 Å². The van der Waals surface area contributed by atoms with Gasteiger partial charge < -0.3 is 20.1 Å². The zero-order chi connectivity index (χ0) is 13.9. The molecule has 0 saturated heterocycles. The first kappa shape index (κ1) is 12.3. The van der Waals surface area contributed by atoms with Gasteiger partial charge in [-0.25, -0.2) is 4.79 Å². The maximum Gasteiger partial charge on any atom is 0.323 e. The molecule has 1 heterocycles. The van der Waals surface area contributed by atoms with E-state index >= 15 is 0 Å². The lowest BCUT2D eigenvalue weighted by molar-refractivity contribution is 0.174. The number of benzene rings is 2. The minimum Gasteiger partial charge on any atom is -0.454 e. The van der Waals surface area contributed by atoms with Crippen molar-refractivity contribution in [3.05, 3.63) is 48.0 Å². The highest BCUT2D eigenvalue weighted by Crippen LogP contribution is 2.34. The zero-order valence-corrected chi connectivity index (χ0v) is 11.0. The molecule has 2 aromatic carbocycles. The topological polar surface area (TPSA) is 59.6 Å². The van der Waals surface area contributed by atoms with Crippen molar-refractivity contribution in [2.75, 3.05) is 17.4 Å². The van der Waals surface area contributed by atoms with Crippen molar-refractivity contribution in [2.45, 2.75) is 6.92 Å². The predicted molar refractivity (Wildman–Crippen MR) is 76.4 cm³/mol. The summed E-state index contributed by atoms with van der Waals surface area (Å²) in [5, 5.41) is 5.51. The minimum absolute atomic E-state index is 0.217. The zero-order valence-electron chi connectivity index (χ0n) is 11.0. The molecular formula is C15H14N2O3. The Labute approximate surface area is 116 Å². The molecule has 2 aromatic rings. The van der Waals surface area contributed by atoms with Crippen LogP contribution in [-0.2, 0) is 0 Å². The van der Waals surface area contributed by atoms with E-state index in [1.165, 1.54) is 0 Å². The minimum atomic E-state index is -0.298. The van der Waals surface area contributed by atoms with E-state index in [-0.39, 0.29) is 12.8 Å². The molecule has 0 aliphatic carbocycles. The maximum absolute atomic E-state index is 11.9. The average molecular weight is 270 g/mol. The number of carbonyl (C=O) groups is 1. The molecule has 0 fully saturated rings. The van der Waals surface area contributed by atoms with Crippen molar-refractivity contribution in [3.63, 3.8) is 0 Å². The number of rotatable bonds is 2. The Balaban J connectivity index is 1.65. The molecule has 0 unspecified atom stereocenters. The molecule has 5 heteroatoms. The second-order valence-electron chi connectivity index (χ2n) is 4.51. The lowest BCUT2D eigenvalue weighted by Crippen LogP contribution is -2.19. The van der Waals surface area contributed by atoms with Crippen LogP contribution in [0.25, 0.3) is 0 Å². The number of amides is 2. The summed E-state index contributed by atoms with van der Waals surface area (Å²) in [5.74, 6) is 1.33. The Bertz CT molecular complexity index is 638. The van der Waals surface area contributed by atoms with Crippen molar-refractivity contribution in [1.29, 1.82) is 0 Å². The maximum atomic E-state index is 11.9. The van der Waals surface area contributed by atoms with Gasteiger partial charge in [0.25, 0.3) is 0 Å². The summed E-state index contributed by atoms with van der Waals surface area (Å²) in [4.78, 5) is 11.9. The normalized spacial score (nSPS) is 12.1. The molecular weight excluding hydrogens is 256 g/mol. The molecule has 0 radical (unpaired) electrons. The Morgan fingerprint density at radius 3 is 2.40 bits per heavy atom. The summed E-state index contributed by atoms with van der Waals surface area (Å²) >= 11 is 0. The summed E-state index contributed by atoms with van der Waals surface area (Å²) < 4.78 is 10.5. The van der Waals surface area contributed by atoms with Crippen LogP contribution in [0.15, 0.2) is 42.5 Å². The van der Waals surface area contributed by atoms with E-state index in [1.54, 1.807) is 18.2 Å². The molecule has 1 aliphatic rings. The van der Waals surface area contributed by atoms with E-state index in [4.69, 9.17) is 9.47 Å². The second-order valence-corrected chi connectivity index (χ2v) is 4.51. The third kappa shape index (κ3) is 2.66. The highest BCUT2D eigenvalue weighted by Gasteiger charge is 2.14. The number of ether oxygens (including phenoxy) is 2. The predicted octanol–water partition coefficient (Wildman–Crippen LogP) is 3.37. The van der Waals surface area contributed by atoms with Gasteiger partial charge in [-0.3, -0.25) is 0 Å². The molecule has 3 rings (SSSR count). The summed E-state index contributed by atoms with van der Waals surface area (Å²) in [6, 6.07) is 12.6. The fourth-order valence-electron chi connectivity index (χ4n) is 1.90.